The number of ether oxygens (including phenoxy) is 1. The molecule has 1 N–H and O–H groups in total. The van der Waals surface area contributed by atoms with Gasteiger partial charge in [-0.2, -0.15) is 0 Å². The van der Waals surface area contributed by atoms with Crippen molar-refractivity contribution in [3.8, 4) is 0 Å². The van der Waals surface area contributed by atoms with Gasteiger partial charge in [-0.15, -0.1) is 0 Å². The molecule has 0 spiro atoms. The Kier molecular flexibility index (Phi) is 5.08. The molecule has 0 aliphatic heterocycles. The molecule has 1 amide bonds. The summed E-state index contributed by atoms with van der Waals surface area (Å²) in [6.07, 6.45) is 0. The lowest BCUT2D eigenvalue weighted by molar-refractivity contribution is -0.119. The largest absolute Gasteiger partial charge is 0.452 e. The summed E-state index contributed by atoms with van der Waals surface area (Å²) in [6.45, 7) is 1.08. The summed E-state index contributed by atoms with van der Waals surface area (Å²) in [4.78, 5) is 35.3. The van der Waals surface area contributed by atoms with Gasteiger partial charge in [0.2, 0.25) is 0 Å². The van der Waals surface area contributed by atoms with Gasteiger partial charge in [0.25, 0.3) is 5.91 Å². The monoisotopic (exact) mass is 347 g/mol. The lowest BCUT2D eigenvalue weighted by atomic mass is 10.1. The number of hydrogen-bond donors (Lipinski definition) is 1. The highest BCUT2D eigenvalue weighted by atomic mass is 16.5. The second kappa shape index (κ2) is 7.61. The first-order chi connectivity index (χ1) is 12.5. The van der Waals surface area contributed by atoms with Crippen LogP contribution in [0.1, 0.15) is 27.6 Å². The van der Waals surface area contributed by atoms with Gasteiger partial charge in [-0.1, -0.05) is 30.3 Å². The molecule has 0 fully saturated rings. The van der Waals surface area contributed by atoms with Crippen molar-refractivity contribution in [1.82, 2.24) is 0 Å². The van der Waals surface area contributed by atoms with Crippen molar-refractivity contribution in [2.45, 2.75) is 6.92 Å². The van der Waals surface area contributed by atoms with Crippen LogP contribution >= 0.6 is 0 Å². The highest BCUT2D eigenvalue weighted by Crippen LogP contribution is 2.16. The molecule has 3 rings (SSSR count). The SMILES string of the molecule is CC(=O)c1ccc(NC(=O)COC(=O)c2ccc3ccccc3c2)cc1. The van der Waals surface area contributed by atoms with E-state index < -0.39 is 11.9 Å². The lowest BCUT2D eigenvalue weighted by Gasteiger charge is -2.08. The number of Topliss-reactive ketones (excluding diaryl/α,β-unsaturated/α-hetero) is 1. The van der Waals surface area contributed by atoms with E-state index in [-0.39, 0.29) is 12.4 Å². The Morgan fingerprint density at radius 3 is 2.19 bits per heavy atom. The van der Waals surface area contributed by atoms with Gasteiger partial charge in [-0.3, -0.25) is 9.59 Å². The number of amides is 1. The second-order valence-corrected chi connectivity index (χ2v) is 5.82. The number of carbonyl (C=O) groups is 3. The average molecular weight is 347 g/mol. The Bertz CT molecular complexity index is 977. The molecule has 0 unspecified atom stereocenters. The fourth-order valence-electron chi connectivity index (χ4n) is 2.52. The third kappa shape index (κ3) is 4.13. The first-order valence-electron chi connectivity index (χ1n) is 8.10. The maximum Gasteiger partial charge on any atom is 0.338 e. The molecule has 3 aromatic rings. The molecular weight excluding hydrogens is 330 g/mol. The third-order valence-corrected chi connectivity index (χ3v) is 3.89. The van der Waals surface area contributed by atoms with E-state index in [2.05, 4.69) is 5.32 Å². The first kappa shape index (κ1) is 17.4. The van der Waals surface area contributed by atoms with Crippen LogP contribution in [0, 0.1) is 0 Å². The van der Waals surface area contributed by atoms with E-state index >= 15 is 0 Å². The number of carbonyl (C=O) groups excluding carboxylic acids is 3. The van der Waals surface area contributed by atoms with E-state index in [1.807, 2.05) is 30.3 Å². The van der Waals surface area contributed by atoms with Crippen LogP contribution in [0.15, 0.2) is 66.7 Å². The number of benzene rings is 3. The Morgan fingerprint density at radius 1 is 0.846 bits per heavy atom. The number of ketones is 1. The summed E-state index contributed by atoms with van der Waals surface area (Å²) in [5, 5.41) is 4.57. The van der Waals surface area contributed by atoms with Gasteiger partial charge in [0.15, 0.2) is 12.4 Å². The van der Waals surface area contributed by atoms with Gasteiger partial charge in [0.05, 0.1) is 5.56 Å². The van der Waals surface area contributed by atoms with Crippen molar-refractivity contribution in [2.75, 3.05) is 11.9 Å². The molecule has 26 heavy (non-hydrogen) atoms. The van der Waals surface area contributed by atoms with Crippen molar-refractivity contribution >= 4 is 34.1 Å². The molecule has 0 atom stereocenters. The van der Waals surface area contributed by atoms with Crippen molar-refractivity contribution in [3.63, 3.8) is 0 Å². The number of rotatable bonds is 5. The molecular formula is C21H17NO4. The summed E-state index contributed by atoms with van der Waals surface area (Å²) in [5.74, 6) is -1.06. The fourth-order valence-corrected chi connectivity index (χ4v) is 2.52. The normalized spacial score (nSPS) is 10.3. The Hall–Kier alpha value is -3.47. The fraction of sp³-hybridized carbons (Fsp3) is 0.0952. The summed E-state index contributed by atoms with van der Waals surface area (Å²) >= 11 is 0. The summed E-state index contributed by atoms with van der Waals surface area (Å²) < 4.78 is 5.07. The van der Waals surface area contributed by atoms with Crippen LogP contribution in [0.2, 0.25) is 0 Å². The predicted molar refractivity (Wildman–Crippen MR) is 99.3 cm³/mol. The smallest absolute Gasteiger partial charge is 0.338 e. The topological polar surface area (TPSA) is 72.5 Å². The van der Waals surface area contributed by atoms with E-state index in [9.17, 15) is 14.4 Å². The highest BCUT2D eigenvalue weighted by Gasteiger charge is 2.11. The second-order valence-electron chi connectivity index (χ2n) is 5.82. The van der Waals surface area contributed by atoms with Crippen LogP contribution in [-0.2, 0) is 9.53 Å². The van der Waals surface area contributed by atoms with E-state index in [4.69, 9.17) is 4.74 Å². The van der Waals surface area contributed by atoms with Crippen molar-refractivity contribution in [1.29, 1.82) is 0 Å². The molecule has 0 radical (unpaired) electrons. The number of hydrogen-bond acceptors (Lipinski definition) is 4. The van der Waals surface area contributed by atoms with E-state index in [1.54, 1.807) is 36.4 Å². The van der Waals surface area contributed by atoms with Gasteiger partial charge in [-0.05, 0) is 54.1 Å². The number of esters is 1. The molecule has 5 nitrogen and oxygen atoms in total. The van der Waals surface area contributed by atoms with Crippen LogP contribution in [0.4, 0.5) is 5.69 Å². The Labute approximate surface area is 150 Å². The molecule has 0 saturated carbocycles. The van der Waals surface area contributed by atoms with Gasteiger partial charge in [0, 0.05) is 11.3 Å². The van der Waals surface area contributed by atoms with Gasteiger partial charge >= 0.3 is 5.97 Å². The minimum Gasteiger partial charge on any atom is -0.452 e. The molecule has 0 saturated heterocycles. The van der Waals surface area contributed by atoms with Crippen LogP contribution in [0.25, 0.3) is 10.8 Å². The molecule has 3 aromatic carbocycles. The number of fused-ring (bicyclic) bond motifs is 1. The molecule has 130 valence electrons. The zero-order valence-electron chi connectivity index (χ0n) is 14.2. The highest BCUT2D eigenvalue weighted by molar-refractivity contribution is 5.98. The molecule has 0 bridgehead atoms. The van der Waals surface area contributed by atoms with E-state index in [1.165, 1.54) is 6.92 Å². The zero-order valence-corrected chi connectivity index (χ0v) is 14.2. The summed E-state index contributed by atoms with van der Waals surface area (Å²) in [5.41, 5.74) is 1.48. The van der Waals surface area contributed by atoms with Crippen LogP contribution in [-0.4, -0.2) is 24.3 Å². The van der Waals surface area contributed by atoms with Crippen LogP contribution in [0.3, 0.4) is 0 Å². The maximum atomic E-state index is 12.1. The Morgan fingerprint density at radius 2 is 1.50 bits per heavy atom. The van der Waals surface area contributed by atoms with Gasteiger partial charge < -0.3 is 10.1 Å². The standard InChI is InChI=1S/C21H17NO4/c1-14(23)15-8-10-19(11-9-15)22-20(24)13-26-21(25)18-7-6-16-4-2-3-5-17(16)12-18/h2-12H,13H2,1H3,(H,22,24). The third-order valence-electron chi connectivity index (χ3n) is 3.89. The molecule has 0 aliphatic rings. The molecule has 0 aliphatic carbocycles. The molecule has 5 heteroatoms. The van der Waals surface area contributed by atoms with Crippen LogP contribution in [0.5, 0.6) is 0 Å². The minimum atomic E-state index is -0.558. The number of anilines is 1. The van der Waals surface area contributed by atoms with E-state index in [0.29, 0.717) is 16.8 Å². The summed E-state index contributed by atoms with van der Waals surface area (Å²) in [6, 6.07) is 19.4. The Balaban J connectivity index is 1.57. The van der Waals surface area contributed by atoms with Crippen molar-refractivity contribution < 1.29 is 19.1 Å². The van der Waals surface area contributed by atoms with Gasteiger partial charge in [0.1, 0.15) is 0 Å². The van der Waals surface area contributed by atoms with Crippen molar-refractivity contribution in [3.05, 3.63) is 77.9 Å². The molecule has 0 heterocycles. The molecule has 0 aromatic heterocycles. The zero-order chi connectivity index (χ0) is 18.5. The quantitative estimate of drug-likeness (QED) is 0.562. The number of nitrogens with one attached hydrogen (secondary N) is 1. The van der Waals surface area contributed by atoms with E-state index in [0.717, 1.165) is 10.8 Å². The summed E-state index contributed by atoms with van der Waals surface area (Å²) in [7, 11) is 0. The maximum absolute atomic E-state index is 12.1. The lowest BCUT2D eigenvalue weighted by Crippen LogP contribution is -2.20. The van der Waals surface area contributed by atoms with Gasteiger partial charge in [-0.25, -0.2) is 4.79 Å². The minimum absolute atomic E-state index is 0.0489. The van der Waals surface area contributed by atoms with Crippen molar-refractivity contribution in [2.24, 2.45) is 0 Å². The first-order valence-corrected chi connectivity index (χ1v) is 8.10. The average Bonchev–Trinajstić information content (AvgIpc) is 2.66. The van der Waals surface area contributed by atoms with Crippen LogP contribution < -0.4 is 5.32 Å². The predicted octanol–water partition coefficient (Wildman–Crippen LogP) is 3.84.